The van der Waals surface area contributed by atoms with Gasteiger partial charge in [-0.2, -0.15) is 0 Å². The van der Waals surface area contributed by atoms with Crippen molar-refractivity contribution in [1.29, 1.82) is 0 Å². The summed E-state index contributed by atoms with van der Waals surface area (Å²) in [4.78, 5) is 10.0. The average Bonchev–Trinajstić information content (AvgIpc) is 1.87. The maximum absolute atomic E-state index is 10.0. The highest BCUT2D eigenvalue weighted by atomic mass is 16.4. The first-order valence-electron chi connectivity index (χ1n) is 3.67. The molecule has 0 heterocycles. The number of rotatable bonds is 6. The third-order valence-electron chi connectivity index (χ3n) is 1.39. The van der Waals surface area contributed by atoms with Crippen molar-refractivity contribution in [2.75, 3.05) is 6.61 Å². The van der Waals surface area contributed by atoms with Crippen LogP contribution in [0.3, 0.4) is 0 Å². The fourth-order valence-corrected chi connectivity index (χ4v) is 0.782. The van der Waals surface area contributed by atoms with Gasteiger partial charge in [0, 0.05) is 13.0 Å². The lowest BCUT2D eigenvalue weighted by molar-refractivity contribution is -0.137. The fraction of sp³-hybridized carbons (Fsp3) is 0.857. The highest BCUT2D eigenvalue weighted by Gasteiger charge is 2.04. The van der Waals surface area contributed by atoms with Gasteiger partial charge in [-0.15, -0.1) is 0 Å². The monoisotopic (exact) mass is 162 g/mol. The summed E-state index contributed by atoms with van der Waals surface area (Å²) in [5.41, 5.74) is 0. The van der Waals surface area contributed by atoms with E-state index in [0.29, 0.717) is 19.3 Å². The van der Waals surface area contributed by atoms with Gasteiger partial charge in [0.25, 0.3) is 0 Å². The van der Waals surface area contributed by atoms with Crippen molar-refractivity contribution in [3.05, 3.63) is 0 Å². The zero-order valence-electron chi connectivity index (χ0n) is 6.36. The number of carboxylic acid groups (broad SMARTS) is 1. The van der Waals surface area contributed by atoms with E-state index in [4.69, 9.17) is 15.3 Å². The molecule has 0 aromatic rings. The second kappa shape index (κ2) is 6.12. The Kier molecular flexibility index (Phi) is 5.78. The molecule has 0 bridgehead atoms. The van der Waals surface area contributed by atoms with Crippen molar-refractivity contribution in [1.82, 2.24) is 0 Å². The van der Waals surface area contributed by atoms with E-state index < -0.39 is 12.1 Å². The van der Waals surface area contributed by atoms with Crippen molar-refractivity contribution in [3.8, 4) is 0 Å². The van der Waals surface area contributed by atoms with Gasteiger partial charge in [-0.25, -0.2) is 0 Å². The van der Waals surface area contributed by atoms with Crippen LogP contribution in [0.1, 0.15) is 25.7 Å². The normalized spacial score (nSPS) is 12.9. The molecule has 0 radical (unpaired) electrons. The second-order valence-corrected chi connectivity index (χ2v) is 2.45. The summed E-state index contributed by atoms with van der Waals surface area (Å²) in [6.07, 6.45) is 0.783. The van der Waals surface area contributed by atoms with E-state index in [0.717, 1.165) is 0 Å². The highest BCUT2D eigenvalue weighted by molar-refractivity contribution is 5.66. The summed E-state index contributed by atoms with van der Waals surface area (Å²) < 4.78 is 0. The molecule has 0 saturated carbocycles. The molecule has 0 saturated heterocycles. The van der Waals surface area contributed by atoms with E-state index in [-0.39, 0.29) is 13.0 Å². The van der Waals surface area contributed by atoms with Crippen LogP contribution in [-0.2, 0) is 4.79 Å². The quantitative estimate of drug-likeness (QED) is 0.513. The van der Waals surface area contributed by atoms with Crippen molar-refractivity contribution < 1.29 is 20.1 Å². The zero-order chi connectivity index (χ0) is 8.69. The minimum Gasteiger partial charge on any atom is -0.481 e. The predicted octanol–water partition coefficient (Wildman–Crippen LogP) is -0.0154. The van der Waals surface area contributed by atoms with Gasteiger partial charge >= 0.3 is 5.97 Å². The molecular formula is C7H14O4. The third kappa shape index (κ3) is 7.29. The lowest BCUT2D eigenvalue weighted by Crippen LogP contribution is -2.09. The van der Waals surface area contributed by atoms with Gasteiger partial charge in [-0.3, -0.25) is 4.79 Å². The fourth-order valence-electron chi connectivity index (χ4n) is 0.782. The van der Waals surface area contributed by atoms with Crippen molar-refractivity contribution in [2.24, 2.45) is 0 Å². The summed E-state index contributed by atoms with van der Waals surface area (Å²) in [7, 11) is 0. The Labute approximate surface area is 65.5 Å². The van der Waals surface area contributed by atoms with Crippen LogP contribution >= 0.6 is 0 Å². The first kappa shape index (κ1) is 10.4. The number of aliphatic carboxylic acids is 1. The van der Waals surface area contributed by atoms with Gasteiger partial charge in [-0.05, 0) is 19.3 Å². The minimum atomic E-state index is -0.846. The van der Waals surface area contributed by atoms with Crippen LogP contribution < -0.4 is 0 Å². The Bertz CT molecular complexity index is 113. The summed E-state index contributed by atoms with van der Waals surface area (Å²) in [5, 5.41) is 25.6. The Morgan fingerprint density at radius 3 is 2.45 bits per heavy atom. The van der Waals surface area contributed by atoms with Crippen molar-refractivity contribution in [2.45, 2.75) is 31.8 Å². The Morgan fingerprint density at radius 2 is 2.00 bits per heavy atom. The Balaban J connectivity index is 3.16. The Morgan fingerprint density at radius 1 is 1.36 bits per heavy atom. The molecule has 0 aromatic heterocycles. The van der Waals surface area contributed by atoms with Crippen molar-refractivity contribution >= 4 is 5.97 Å². The van der Waals surface area contributed by atoms with Gasteiger partial charge in [0.15, 0.2) is 0 Å². The molecule has 0 aromatic carbocycles. The number of hydrogen-bond donors (Lipinski definition) is 3. The molecule has 4 nitrogen and oxygen atoms in total. The molecule has 11 heavy (non-hydrogen) atoms. The van der Waals surface area contributed by atoms with Crippen LogP contribution in [-0.4, -0.2) is 34.0 Å². The molecule has 4 heteroatoms. The second-order valence-electron chi connectivity index (χ2n) is 2.45. The molecule has 0 aliphatic heterocycles. The molecule has 66 valence electrons. The largest absolute Gasteiger partial charge is 0.481 e. The number of aliphatic hydroxyl groups excluding tert-OH is 2. The minimum absolute atomic E-state index is 0.0474. The van der Waals surface area contributed by atoms with E-state index in [1.54, 1.807) is 0 Å². The smallest absolute Gasteiger partial charge is 0.303 e. The molecule has 1 unspecified atom stereocenters. The van der Waals surface area contributed by atoms with Crippen LogP contribution in [0.5, 0.6) is 0 Å². The number of carbonyl (C=O) groups is 1. The molecule has 0 amide bonds. The van der Waals surface area contributed by atoms with E-state index >= 15 is 0 Å². The van der Waals surface area contributed by atoms with Gasteiger partial charge in [0.2, 0.25) is 0 Å². The summed E-state index contributed by atoms with van der Waals surface area (Å²) in [6, 6.07) is 0. The van der Waals surface area contributed by atoms with Crippen LogP contribution in [0.25, 0.3) is 0 Å². The maximum Gasteiger partial charge on any atom is 0.303 e. The van der Waals surface area contributed by atoms with E-state index in [9.17, 15) is 4.79 Å². The van der Waals surface area contributed by atoms with E-state index in [2.05, 4.69) is 0 Å². The van der Waals surface area contributed by atoms with Gasteiger partial charge < -0.3 is 15.3 Å². The molecule has 0 fully saturated rings. The van der Waals surface area contributed by atoms with Gasteiger partial charge in [0.05, 0.1) is 6.10 Å². The Hall–Kier alpha value is -0.610. The van der Waals surface area contributed by atoms with Gasteiger partial charge in [0.1, 0.15) is 0 Å². The number of aliphatic hydroxyl groups is 2. The highest BCUT2D eigenvalue weighted by Crippen LogP contribution is 2.03. The zero-order valence-corrected chi connectivity index (χ0v) is 6.36. The topological polar surface area (TPSA) is 77.8 Å². The molecule has 0 spiro atoms. The van der Waals surface area contributed by atoms with Crippen LogP contribution in [0.15, 0.2) is 0 Å². The van der Waals surface area contributed by atoms with Crippen LogP contribution in [0.4, 0.5) is 0 Å². The summed E-state index contributed by atoms with van der Waals surface area (Å²) in [5.74, 6) is -0.846. The predicted molar refractivity (Wildman–Crippen MR) is 39.2 cm³/mol. The first-order chi connectivity index (χ1) is 5.16. The molecule has 0 aliphatic rings. The molecule has 0 aliphatic carbocycles. The third-order valence-corrected chi connectivity index (χ3v) is 1.39. The van der Waals surface area contributed by atoms with Crippen LogP contribution in [0.2, 0.25) is 0 Å². The van der Waals surface area contributed by atoms with Gasteiger partial charge in [-0.1, -0.05) is 0 Å². The van der Waals surface area contributed by atoms with Crippen molar-refractivity contribution in [3.63, 3.8) is 0 Å². The SMILES string of the molecule is O=C(O)CCCC(O)CCO. The molecule has 1 atom stereocenters. The molecule has 0 rings (SSSR count). The lowest BCUT2D eigenvalue weighted by Gasteiger charge is -2.06. The van der Waals surface area contributed by atoms with Crippen LogP contribution in [0, 0.1) is 0 Å². The van der Waals surface area contributed by atoms with E-state index in [1.807, 2.05) is 0 Å². The number of hydrogen-bond acceptors (Lipinski definition) is 3. The lowest BCUT2D eigenvalue weighted by atomic mass is 10.1. The molecular weight excluding hydrogens is 148 g/mol. The maximum atomic E-state index is 10.0. The average molecular weight is 162 g/mol. The standard InChI is InChI=1S/C7H14O4/c8-5-4-6(9)2-1-3-7(10)11/h6,8-9H,1-5H2,(H,10,11). The van der Waals surface area contributed by atoms with E-state index in [1.165, 1.54) is 0 Å². The summed E-state index contributed by atoms with van der Waals surface area (Å²) in [6.45, 7) is -0.0474. The summed E-state index contributed by atoms with van der Waals surface area (Å²) >= 11 is 0. The molecule has 3 N–H and O–H groups in total. The number of carboxylic acids is 1. The first-order valence-corrected chi connectivity index (χ1v) is 3.67.